The number of imidazole rings is 1. The molecule has 4 atom stereocenters. The van der Waals surface area contributed by atoms with Crippen LogP contribution in [0.2, 0.25) is 5.28 Å². The molecule has 1 saturated carbocycles. The molecule has 1 aliphatic rings. The van der Waals surface area contributed by atoms with E-state index < -0.39 is 23.7 Å². The second-order valence-electron chi connectivity index (χ2n) is 5.68. The zero-order valence-corrected chi connectivity index (χ0v) is 12.6. The lowest BCUT2D eigenvalue weighted by Crippen LogP contribution is -2.37. The number of anilines is 1. The number of nitrogens with two attached hydrogens (primary N) is 1. The maximum Gasteiger partial charge on any atom is 0.226 e. The molecule has 0 aromatic carbocycles. The second-order valence-corrected chi connectivity index (χ2v) is 6.02. The molecule has 22 heavy (non-hydrogen) atoms. The van der Waals surface area contributed by atoms with Gasteiger partial charge in [0, 0.05) is 5.41 Å². The van der Waals surface area contributed by atoms with Crippen LogP contribution in [0, 0.1) is 5.41 Å². The number of halogens is 1. The van der Waals surface area contributed by atoms with Crippen molar-refractivity contribution in [1.29, 1.82) is 0 Å². The summed E-state index contributed by atoms with van der Waals surface area (Å²) < 4.78 is 1.54. The summed E-state index contributed by atoms with van der Waals surface area (Å²) in [6, 6.07) is -0.706. The fraction of sp³-hybridized carbons (Fsp3) is 0.462. The normalized spacial score (nSPS) is 32.0. The minimum Gasteiger partial charge on any atom is -0.395 e. The summed E-state index contributed by atoms with van der Waals surface area (Å²) in [5.74, 6) is 0.123. The maximum absolute atomic E-state index is 10.4. The van der Waals surface area contributed by atoms with E-state index in [1.165, 1.54) is 10.9 Å². The van der Waals surface area contributed by atoms with Crippen LogP contribution in [0.3, 0.4) is 0 Å². The summed E-state index contributed by atoms with van der Waals surface area (Å²) in [5.41, 5.74) is 5.88. The number of fused-ring (bicyclic) bond motifs is 1. The van der Waals surface area contributed by atoms with E-state index in [1.807, 2.05) is 0 Å². The van der Waals surface area contributed by atoms with E-state index in [0.29, 0.717) is 16.7 Å². The molecular formula is C13H16ClN5O3. The minimum absolute atomic E-state index is 0.0460. The Labute approximate surface area is 130 Å². The van der Waals surface area contributed by atoms with Crippen molar-refractivity contribution in [2.75, 3.05) is 12.3 Å². The molecule has 8 nitrogen and oxygen atoms in total. The van der Waals surface area contributed by atoms with Gasteiger partial charge in [0.05, 0.1) is 25.1 Å². The quantitative estimate of drug-likeness (QED) is 0.447. The fourth-order valence-electron chi connectivity index (χ4n) is 2.93. The molecule has 2 aromatic heterocycles. The Hall–Kier alpha value is -1.74. The molecule has 3 rings (SSSR count). The van der Waals surface area contributed by atoms with Gasteiger partial charge < -0.3 is 25.6 Å². The zero-order chi connectivity index (χ0) is 16.2. The highest BCUT2D eigenvalue weighted by Crippen LogP contribution is 2.48. The van der Waals surface area contributed by atoms with Gasteiger partial charge >= 0.3 is 0 Å². The van der Waals surface area contributed by atoms with Crippen molar-refractivity contribution < 1.29 is 15.3 Å². The van der Waals surface area contributed by atoms with E-state index >= 15 is 0 Å². The van der Waals surface area contributed by atoms with Gasteiger partial charge in [-0.25, -0.2) is 4.98 Å². The van der Waals surface area contributed by atoms with Crippen molar-refractivity contribution >= 4 is 28.6 Å². The van der Waals surface area contributed by atoms with Crippen molar-refractivity contribution in [3.63, 3.8) is 0 Å². The summed E-state index contributed by atoms with van der Waals surface area (Å²) in [4.78, 5) is 12.0. The Kier molecular flexibility index (Phi) is 3.37. The summed E-state index contributed by atoms with van der Waals surface area (Å²) >= 11 is 5.83. The zero-order valence-electron chi connectivity index (χ0n) is 11.8. The van der Waals surface area contributed by atoms with Gasteiger partial charge in [-0.2, -0.15) is 9.97 Å². The Morgan fingerprint density at radius 1 is 1.45 bits per heavy atom. The van der Waals surface area contributed by atoms with Crippen LogP contribution < -0.4 is 5.73 Å². The van der Waals surface area contributed by atoms with E-state index in [4.69, 9.17) is 17.3 Å². The number of aliphatic hydroxyl groups is 3. The smallest absolute Gasteiger partial charge is 0.226 e. The van der Waals surface area contributed by atoms with E-state index in [1.54, 1.807) is 6.92 Å². The van der Waals surface area contributed by atoms with Gasteiger partial charge in [-0.15, -0.1) is 0 Å². The first-order valence-electron chi connectivity index (χ1n) is 6.63. The molecule has 1 aliphatic carbocycles. The number of aliphatic hydroxyl groups excluding tert-OH is 3. The molecule has 0 radical (unpaired) electrons. The molecule has 0 saturated heterocycles. The van der Waals surface area contributed by atoms with Crippen molar-refractivity contribution in [2.45, 2.75) is 25.2 Å². The first-order valence-corrected chi connectivity index (χ1v) is 7.01. The highest BCUT2D eigenvalue weighted by molar-refractivity contribution is 6.28. The average molecular weight is 326 g/mol. The van der Waals surface area contributed by atoms with Gasteiger partial charge in [-0.1, -0.05) is 13.5 Å². The number of nitrogens with zero attached hydrogens (tertiary/aromatic N) is 4. The van der Waals surface area contributed by atoms with E-state index in [-0.39, 0.29) is 17.7 Å². The lowest BCUT2D eigenvalue weighted by atomic mass is 9.84. The Balaban J connectivity index is 2.18. The van der Waals surface area contributed by atoms with Gasteiger partial charge in [0.25, 0.3) is 0 Å². The fourth-order valence-corrected chi connectivity index (χ4v) is 3.10. The molecule has 9 heteroatoms. The van der Waals surface area contributed by atoms with Crippen molar-refractivity contribution in [1.82, 2.24) is 19.5 Å². The summed E-state index contributed by atoms with van der Waals surface area (Å²) in [6.07, 6.45) is -0.903. The van der Waals surface area contributed by atoms with Crippen molar-refractivity contribution in [3.8, 4) is 0 Å². The highest BCUT2D eigenvalue weighted by Gasteiger charge is 2.53. The van der Waals surface area contributed by atoms with Gasteiger partial charge in [0.1, 0.15) is 11.6 Å². The monoisotopic (exact) mass is 325 g/mol. The predicted molar refractivity (Wildman–Crippen MR) is 80.1 cm³/mol. The van der Waals surface area contributed by atoms with Gasteiger partial charge in [0.15, 0.2) is 11.5 Å². The topological polar surface area (TPSA) is 130 Å². The number of hydrogen-bond acceptors (Lipinski definition) is 7. The van der Waals surface area contributed by atoms with Crippen LogP contribution in [0.25, 0.3) is 11.2 Å². The third kappa shape index (κ3) is 1.85. The standard InChI is InChI=1S/C13H16ClN5O3/c1-5-7(8(21)9(22)13(5,2)3-20)19-4-16-6-10(15)17-12(14)18-11(6)19/h4,7-9,20-22H,1,3H2,2H3,(H2,15,17,18)/t7?,8-,9-,13-/m0/s1. The summed E-state index contributed by atoms with van der Waals surface area (Å²) in [6.45, 7) is 5.23. The Bertz CT molecular complexity index is 763. The van der Waals surface area contributed by atoms with Gasteiger partial charge in [0.2, 0.25) is 5.28 Å². The number of hydrogen-bond donors (Lipinski definition) is 4. The Morgan fingerprint density at radius 3 is 2.73 bits per heavy atom. The molecule has 2 heterocycles. The van der Waals surface area contributed by atoms with Crippen LogP contribution in [0.15, 0.2) is 18.5 Å². The molecule has 0 bridgehead atoms. The molecule has 0 amide bonds. The SMILES string of the molecule is C=C1C(n2cnc3c(N)nc(Cl)nc32)[C@H](O)[C@H](O)[C@@]1(C)CO. The maximum atomic E-state index is 10.4. The molecule has 0 aliphatic heterocycles. The van der Waals surface area contributed by atoms with Crippen molar-refractivity contribution in [3.05, 3.63) is 23.8 Å². The molecular weight excluding hydrogens is 310 g/mol. The molecule has 118 valence electrons. The van der Waals surface area contributed by atoms with Gasteiger partial charge in [-0.3, -0.25) is 0 Å². The van der Waals surface area contributed by atoms with Gasteiger partial charge in [-0.05, 0) is 17.2 Å². The minimum atomic E-state index is -1.17. The largest absolute Gasteiger partial charge is 0.395 e. The predicted octanol–water partition coefficient (Wildman–Crippen LogP) is -0.107. The van der Waals surface area contributed by atoms with Crippen LogP contribution in [0.4, 0.5) is 5.82 Å². The Morgan fingerprint density at radius 2 is 2.14 bits per heavy atom. The molecule has 1 fully saturated rings. The average Bonchev–Trinajstić information content (AvgIpc) is 2.95. The number of nitrogen functional groups attached to an aromatic ring is 1. The molecule has 0 spiro atoms. The van der Waals surface area contributed by atoms with Crippen LogP contribution in [-0.4, -0.2) is 53.7 Å². The van der Waals surface area contributed by atoms with Crippen LogP contribution >= 0.6 is 11.6 Å². The third-order valence-electron chi connectivity index (χ3n) is 4.44. The summed E-state index contributed by atoms with van der Waals surface area (Å²) in [7, 11) is 0. The first-order chi connectivity index (χ1) is 10.3. The van der Waals surface area contributed by atoms with E-state index in [0.717, 1.165) is 0 Å². The number of aromatic nitrogens is 4. The van der Waals surface area contributed by atoms with E-state index in [9.17, 15) is 15.3 Å². The van der Waals surface area contributed by atoms with E-state index in [2.05, 4.69) is 21.5 Å². The summed E-state index contributed by atoms with van der Waals surface area (Å²) in [5, 5.41) is 30.2. The van der Waals surface area contributed by atoms with Crippen molar-refractivity contribution in [2.24, 2.45) is 5.41 Å². The molecule has 1 unspecified atom stereocenters. The van der Waals surface area contributed by atoms with Crippen LogP contribution in [0.1, 0.15) is 13.0 Å². The second kappa shape index (κ2) is 4.88. The highest BCUT2D eigenvalue weighted by atomic mass is 35.5. The third-order valence-corrected chi connectivity index (χ3v) is 4.61. The molecule has 2 aromatic rings. The lowest BCUT2D eigenvalue weighted by molar-refractivity contribution is -0.0359. The lowest BCUT2D eigenvalue weighted by Gasteiger charge is -2.27. The van der Waals surface area contributed by atoms with Crippen LogP contribution in [-0.2, 0) is 0 Å². The first kappa shape index (κ1) is 15.2. The van der Waals surface area contributed by atoms with Crippen LogP contribution in [0.5, 0.6) is 0 Å². The molecule has 5 N–H and O–H groups in total. The number of rotatable bonds is 2.